The molecule has 0 spiro atoms. The van der Waals surface area contributed by atoms with Crippen molar-refractivity contribution in [3.8, 4) is 0 Å². The first-order chi connectivity index (χ1) is 8.53. The van der Waals surface area contributed by atoms with Crippen LogP contribution in [0.1, 0.15) is 44.3 Å². The van der Waals surface area contributed by atoms with Gasteiger partial charge in [0.15, 0.2) is 0 Å². The van der Waals surface area contributed by atoms with Gasteiger partial charge in [0.2, 0.25) is 5.91 Å². The van der Waals surface area contributed by atoms with Gasteiger partial charge >= 0.3 is 0 Å². The second kappa shape index (κ2) is 5.30. The molecule has 19 heavy (non-hydrogen) atoms. The molecule has 106 valence electrons. The Morgan fingerprint density at radius 3 is 2.26 bits per heavy atom. The van der Waals surface area contributed by atoms with Crippen LogP contribution < -0.4 is 10.6 Å². The first-order valence-corrected chi connectivity index (χ1v) is 6.77. The zero-order valence-corrected chi connectivity index (χ0v) is 12.6. The number of hydrogen-bond acceptors (Lipinski definition) is 4. The Morgan fingerprint density at radius 1 is 1.21 bits per heavy atom. The van der Waals surface area contributed by atoms with Crippen LogP contribution in [0.3, 0.4) is 0 Å². The van der Waals surface area contributed by atoms with Crippen molar-refractivity contribution in [1.82, 2.24) is 5.32 Å². The van der Waals surface area contributed by atoms with Gasteiger partial charge in [-0.3, -0.25) is 9.59 Å². The van der Waals surface area contributed by atoms with E-state index in [1.165, 1.54) is 18.3 Å². The van der Waals surface area contributed by atoms with Crippen molar-refractivity contribution < 1.29 is 14.7 Å². The number of carbonyl (C=O) groups excluding carboxylic acids is 2. The Bertz CT molecular complexity index is 486. The monoisotopic (exact) mass is 284 g/mol. The summed E-state index contributed by atoms with van der Waals surface area (Å²) in [5.74, 6) is -0.445. The average Bonchev–Trinajstić information content (AvgIpc) is 2.62. The molecule has 0 aliphatic rings. The van der Waals surface area contributed by atoms with E-state index in [-0.39, 0.29) is 11.8 Å². The summed E-state index contributed by atoms with van der Waals surface area (Å²) in [4.78, 5) is 23.5. The van der Waals surface area contributed by atoms with Crippen molar-refractivity contribution in [1.29, 1.82) is 0 Å². The van der Waals surface area contributed by atoms with Crippen LogP contribution in [0.25, 0.3) is 0 Å². The van der Waals surface area contributed by atoms with Gasteiger partial charge in [-0.15, -0.1) is 11.3 Å². The van der Waals surface area contributed by atoms with Crippen LogP contribution in [0, 0.1) is 0 Å². The minimum Gasteiger partial charge on any atom is -0.388 e. The molecule has 2 amide bonds. The third-order valence-electron chi connectivity index (χ3n) is 3.08. The van der Waals surface area contributed by atoms with Gasteiger partial charge in [-0.1, -0.05) is 0 Å². The summed E-state index contributed by atoms with van der Waals surface area (Å²) in [6.45, 7) is 8.21. The largest absolute Gasteiger partial charge is 0.388 e. The van der Waals surface area contributed by atoms with Crippen LogP contribution in [-0.2, 0) is 4.79 Å². The van der Waals surface area contributed by atoms with E-state index in [4.69, 9.17) is 0 Å². The number of anilines is 1. The molecule has 0 atom stereocenters. The second-order valence-corrected chi connectivity index (χ2v) is 6.57. The third-order valence-corrected chi connectivity index (χ3v) is 4.08. The molecule has 1 aromatic rings. The SMILES string of the molecule is CC(=O)Nc1ccc(C(=O)NC(C)(C)C(C)(C)O)s1. The molecule has 5 nitrogen and oxygen atoms in total. The lowest BCUT2D eigenvalue weighted by molar-refractivity contribution is -0.114. The molecule has 0 fully saturated rings. The summed E-state index contributed by atoms with van der Waals surface area (Å²) in [5, 5.41) is 16.0. The molecule has 0 saturated heterocycles. The average molecular weight is 284 g/mol. The lowest BCUT2D eigenvalue weighted by atomic mass is 9.86. The van der Waals surface area contributed by atoms with Crippen LogP contribution >= 0.6 is 11.3 Å². The molecule has 3 N–H and O–H groups in total. The van der Waals surface area contributed by atoms with Gasteiger partial charge < -0.3 is 15.7 Å². The minimum absolute atomic E-state index is 0.175. The quantitative estimate of drug-likeness (QED) is 0.791. The van der Waals surface area contributed by atoms with E-state index in [2.05, 4.69) is 10.6 Å². The smallest absolute Gasteiger partial charge is 0.261 e. The van der Waals surface area contributed by atoms with Crippen LogP contribution in [0.15, 0.2) is 12.1 Å². The molecule has 0 unspecified atom stereocenters. The van der Waals surface area contributed by atoms with Crippen molar-refractivity contribution in [3.05, 3.63) is 17.0 Å². The number of carbonyl (C=O) groups is 2. The van der Waals surface area contributed by atoms with Gasteiger partial charge in [-0.05, 0) is 39.8 Å². The van der Waals surface area contributed by atoms with E-state index in [9.17, 15) is 14.7 Å². The molecule has 0 aromatic carbocycles. The summed E-state index contributed by atoms with van der Waals surface area (Å²) in [7, 11) is 0. The van der Waals surface area contributed by atoms with E-state index >= 15 is 0 Å². The summed E-state index contributed by atoms with van der Waals surface area (Å²) in [6.07, 6.45) is 0. The first kappa shape index (κ1) is 15.7. The van der Waals surface area contributed by atoms with Gasteiger partial charge in [0.05, 0.1) is 21.0 Å². The predicted octanol–water partition coefficient (Wildman–Crippen LogP) is 1.99. The van der Waals surface area contributed by atoms with Crippen LogP contribution in [-0.4, -0.2) is 28.1 Å². The summed E-state index contributed by atoms with van der Waals surface area (Å²) in [6, 6.07) is 3.32. The molecule has 1 rings (SSSR count). The van der Waals surface area contributed by atoms with E-state index in [0.717, 1.165) is 0 Å². The molecular formula is C13H20N2O3S. The Kier molecular flexibility index (Phi) is 4.37. The van der Waals surface area contributed by atoms with Gasteiger partial charge in [-0.25, -0.2) is 0 Å². The molecule has 1 heterocycles. The van der Waals surface area contributed by atoms with Crippen molar-refractivity contribution in [2.75, 3.05) is 5.32 Å². The lowest BCUT2D eigenvalue weighted by Gasteiger charge is -2.37. The Labute approximate surface area is 117 Å². The highest BCUT2D eigenvalue weighted by Crippen LogP contribution is 2.25. The molecular weight excluding hydrogens is 264 g/mol. The topological polar surface area (TPSA) is 78.4 Å². The van der Waals surface area contributed by atoms with Crippen molar-refractivity contribution in [2.45, 2.75) is 45.8 Å². The molecule has 1 aromatic heterocycles. The van der Waals surface area contributed by atoms with Crippen molar-refractivity contribution in [2.24, 2.45) is 0 Å². The lowest BCUT2D eigenvalue weighted by Crippen LogP contribution is -2.57. The number of amides is 2. The maximum atomic E-state index is 12.1. The Hall–Kier alpha value is -1.40. The van der Waals surface area contributed by atoms with Gasteiger partial charge in [-0.2, -0.15) is 0 Å². The molecule has 0 bridgehead atoms. The van der Waals surface area contributed by atoms with Crippen LogP contribution in [0.5, 0.6) is 0 Å². The standard InChI is InChI=1S/C13H20N2O3S/c1-8(16)14-10-7-6-9(19-10)11(17)15-12(2,3)13(4,5)18/h6-7,18H,1-5H3,(H,14,16)(H,15,17). The van der Waals surface area contributed by atoms with Crippen LogP contribution in [0.2, 0.25) is 0 Å². The van der Waals surface area contributed by atoms with Crippen molar-refractivity contribution >= 4 is 28.2 Å². The minimum atomic E-state index is -1.04. The first-order valence-electron chi connectivity index (χ1n) is 5.95. The number of rotatable bonds is 4. The van der Waals surface area contributed by atoms with E-state index < -0.39 is 11.1 Å². The fourth-order valence-electron chi connectivity index (χ4n) is 1.20. The molecule has 0 aliphatic carbocycles. The van der Waals surface area contributed by atoms with Gasteiger partial charge in [0.25, 0.3) is 5.91 Å². The highest BCUT2D eigenvalue weighted by Gasteiger charge is 2.36. The predicted molar refractivity (Wildman–Crippen MR) is 76.5 cm³/mol. The van der Waals surface area contributed by atoms with E-state index in [1.54, 1.807) is 39.8 Å². The molecule has 0 radical (unpaired) electrons. The number of aliphatic hydroxyl groups is 1. The Morgan fingerprint density at radius 2 is 1.79 bits per heavy atom. The van der Waals surface area contributed by atoms with Crippen LogP contribution in [0.4, 0.5) is 5.00 Å². The highest BCUT2D eigenvalue weighted by molar-refractivity contribution is 7.18. The van der Waals surface area contributed by atoms with Crippen molar-refractivity contribution in [3.63, 3.8) is 0 Å². The zero-order chi connectivity index (χ0) is 14.8. The highest BCUT2D eigenvalue weighted by atomic mass is 32.1. The van der Waals surface area contributed by atoms with E-state index in [0.29, 0.717) is 9.88 Å². The maximum Gasteiger partial charge on any atom is 0.261 e. The number of hydrogen-bond donors (Lipinski definition) is 3. The fourth-order valence-corrected chi connectivity index (χ4v) is 2.05. The molecule has 0 aliphatic heterocycles. The number of nitrogens with one attached hydrogen (secondary N) is 2. The zero-order valence-electron chi connectivity index (χ0n) is 11.8. The number of thiophene rings is 1. The fraction of sp³-hybridized carbons (Fsp3) is 0.538. The van der Waals surface area contributed by atoms with Gasteiger partial charge in [0, 0.05) is 6.92 Å². The summed E-state index contributed by atoms with van der Waals surface area (Å²) in [5.41, 5.74) is -1.80. The molecule has 0 saturated carbocycles. The normalized spacial score (nSPS) is 12.1. The summed E-state index contributed by atoms with van der Waals surface area (Å²) >= 11 is 1.20. The second-order valence-electron chi connectivity index (χ2n) is 5.48. The van der Waals surface area contributed by atoms with E-state index in [1.807, 2.05) is 0 Å². The summed E-state index contributed by atoms with van der Waals surface area (Å²) < 4.78 is 0. The Balaban J connectivity index is 2.79. The maximum absolute atomic E-state index is 12.1. The van der Waals surface area contributed by atoms with Gasteiger partial charge in [0.1, 0.15) is 0 Å². The third kappa shape index (κ3) is 4.04. The molecule has 6 heteroatoms.